The minimum Gasteiger partial charge on any atom is -0.320 e. The molecular formula is C9H8ClN3O. The second kappa shape index (κ2) is 3.08. The molecule has 4 nitrogen and oxygen atoms in total. The fourth-order valence-electron chi connectivity index (χ4n) is 1.74. The van der Waals surface area contributed by atoms with E-state index in [1.165, 1.54) is 0 Å². The molecule has 1 atom stereocenters. The lowest BCUT2D eigenvalue weighted by molar-refractivity contribution is -0.111. The van der Waals surface area contributed by atoms with Gasteiger partial charge in [-0.15, -0.1) is 12.4 Å². The number of halogens is 1. The zero-order valence-electron chi connectivity index (χ0n) is 7.15. The monoisotopic (exact) mass is 209 g/mol. The molecule has 3 rings (SSSR count). The molecule has 0 saturated carbocycles. The number of carbonyl (C=O) groups is 1. The highest BCUT2D eigenvalue weighted by molar-refractivity contribution is 6.11. The summed E-state index contributed by atoms with van der Waals surface area (Å²) in [6, 6.07) is 0.0453. The number of hydrogen-bond acceptors (Lipinski definition) is 4. The summed E-state index contributed by atoms with van der Waals surface area (Å²) in [4.78, 5) is 15.4. The minimum atomic E-state index is 0. The predicted octanol–water partition coefficient (Wildman–Crippen LogP) is 0.246. The molecule has 2 heterocycles. The Labute approximate surface area is 86.9 Å². The van der Waals surface area contributed by atoms with E-state index in [0.717, 1.165) is 11.3 Å². The first-order valence-electron chi connectivity index (χ1n) is 4.08. The van der Waals surface area contributed by atoms with E-state index in [9.17, 15) is 4.79 Å². The molecule has 0 saturated heterocycles. The van der Waals surface area contributed by atoms with Crippen LogP contribution in [0.15, 0.2) is 40.2 Å². The van der Waals surface area contributed by atoms with Gasteiger partial charge in [0.2, 0.25) is 0 Å². The molecule has 3 aliphatic rings. The fraction of sp³-hybridized carbons (Fsp3) is 0.111. The quantitative estimate of drug-likeness (QED) is 0.601. The molecule has 1 aliphatic carbocycles. The van der Waals surface area contributed by atoms with Crippen LogP contribution in [-0.4, -0.2) is 18.0 Å². The maximum atomic E-state index is 11.4. The van der Waals surface area contributed by atoms with Crippen LogP contribution in [0.4, 0.5) is 0 Å². The van der Waals surface area contributed by atoms with Crippen LogP contribution in [0.5, 0.6) is 0 Å². The Bertz CT molecular complexity index is 420. The predicted molar refractivity (Wildman–Crippen MR) is 55.1 cm³/mol. The fourth-order valence-corrected chi connectivity index (χ4v) is 1.74. The molecule has 0 fully saturated rings. The smallest absolute Gasteiger partial charge is 0.187 e. The summed E-state index contributed by atoms with van der Waals surface area (Å²) in [7, 11) is 0. The van der Waals surface area contributed by atoms with Crippen LogP contribution < -0.4 is 10.9 Å². The van der Waals surface area contributed by atoms with Crippen molar-refractivity contribution in [3.63, 3.8) is 0 Å². The normalized spacial score (nSPS) is 26.7. The Morgan fingerprint density at radius 3 is 3.07 bits per heavy atom. The lowest BCUT2D eigenvalue weighted by Crippen LogP contribution is -2.34. The van der Waals surface area contributed by atoms with Crippen molar-refractivity contribution in [2.24, 2.45) is 4.99 Å². The van der Waals surface area contributed by atoms with Gasteiger partial charge in [0.15, 0.2) is 5.78 Å². The van der Waals surface area contributed by atoms with Crippen molar-refractivity contribution in [2.45, 2.75) is 6.04 Å². The summed E-state index contributed by atoms with van der Waals surface area (Å²) in [6.45, 7) is 0. The van der Waals surface area contributed by atoms with Gasteiger partial charge in [-0.25, -0.2) is 5.43 Å². The van der Waals surface area contributed by atoms with Gasteiger partial charge in [0.25, 0.3) is 0 Å². The highest BCUT2D eigenvalue weighted by Gasteiger charge is 2.32. The first-order valence-corrected chi connectivity index (χ1v) is 4.08. The molecule has 0 amide bonds. The van der Waals surface area contributed by atoms with E-state index in [1.807, 2.05) is 0 Å². The summed E-state index contributed by atoms with van der Waals surface area (Å²) in [6.07, 6.45) is 6.75. The van der Waals surface area contributed by atoms with Gasteiger partial charge in [-0.1, -0.05) is 0 Å². The summed E-state index contributed by atoms with van der Waals surface area (Å²) in [5.74, 6) is 0.0334. The first kappa shape index (κ1) is 9.18. The van der Waals surface area contributed by atoms with Gasteiger partial charge >= 0.3 is 0 Å². The van der Waals surface area contributed by atoms with Gasteiger partial charge in [-0.3, -0.25) is 9.79 Å². The van der Waals surface area contributed by atoms with Crippen molar-refractivity contribution in [3.8, 4) is 0 Å². The maximum Gasteiger partial charge on any atom is 0.187 e. The van der Waals surface area contributed by atoms with Gasteiger partial charge in [0.05, 0.1) is 11.7 Å². The van der Waals surface area contributed by atoms with Crippen molar-refractivity contribution >= 4 is 24.4 Å². The third-order valence-corrected chi connectivity index (χ3v) is 2.36. The van der Waals surface area contributed by atoms with Crippen LogP contribution in [0.1, 0.15) is 0 Å². The molecule has 14 heavy (non-hydrogen) atoms. The number of nitrogens with one attached hydrogen (secondary N) is 2. The minimum absolute atomic E-state index is 0. The molecule has 0 bridgehead atoms. The summed E-state index contributed by atoms with van der Waals surface area (Å²) in [5.41, 5.74) is 8.73. The molecule has 0 spiro atoms. The molecule has 0 aromatic carbocycles. The molecule has 0 aromatic rings. The van der Waals surface area contributed by atoms with E-state index in [4.69, 9.17) is 0 Å². The Kier molecular flexibility index (Phi) is 2.02. The zero-order chi connectivity index (χ0) is 8.84. The molecule has 72 valence electrons. The summed E-state index contributed by atoms with van der Waals surface area (Å²) >= 11 is 0. The molecular weight excluding hydrogens is 202 g/mol. The lowest BCUT2D eigenvalue weighted by Gasteiger charge is -2.15. The zero-order valence-corrected chi connectivity index (χ0v) is 7.97. The second-order valence-corrected chi connectivity index (χ2v) is 3.11. The molecule has 1 unspecified atom stereocenters. The van der Waals surface area contributed by atoms with Gasteiger partial charge < -0.3 is 5.43 Å². The Hall–Kier alpha value is -1.39. The van der Waals surface area contributed by atoms with E-state index >= 15 is 0 Å². The van der Waals surface area contributed by atoms with Gasteiger partial charge in [-0.2, -0.15) is 0 Å². The highest BCUT2D eigenvalue weighted by Crippen LogP contribution is 2.28. The molecule has 0 radical (unpaired) electrons. The number of rotatable bonds is 0. The van der Waals surface area contributed by atoms with Crippen LogP contribution in [-0.2, 0) is 4.79 Å². The average Bonchev–Trinajstić information content (AvgIpc) is 2.57. The third kappa shape index (κ3) is 1.05. The standard InChI is InChI=1S/C9H7N3O.ClH/c13-8-2-1-6-9-5(8)3-10-4-7(9)12-11-6;/h1-4,7,11-12H;1H. The summed E-state index contributed by atoms with van der Waals surface area (Å²) < 4.78 is 0. The molecule has 0 aromatic heterocycles. The topological polar surface area (TPSA) is 53.5 Å². The number of allylic oxidation sites excluding steroid dienone is 2. The average molecular weight is 210 g/mol. The van der Waals surface area contributed by atoms with E-state index in [1.54, 1.807) is 24.6 Å². The Morgan fingerprint density at radius 1 is 1.36 bits per heavy atom. The van der Waals surface area contributed by atoms with Crippen LogP contribution in [0.3, 0.4) is 0 Å². The number of nitrogens with zero attached hydrogens (tertiary/aromatic N) is 1. The lowest BCUT2D eigenvalue weighted by atomic mass is 9.91. The molecule has 2 aliphatic heterocycles. The Balaban J connectivity index is 0.000000750. The van der Waals surface area contributed by atoms with Crippen molar-refractivity contribution in [2.75, 3.05) is 0 Å². The van der Waals surface area contributed by atoms with E-state index < -0.39 is 0 Å². The van der Waals surface area contributed by atoms with Gasteiger partial charge in [0.1, 0.15) is 0 Å². The largest absolute Gasteiger partial charge is 0.320 e. The maximum absolute atomic E-state index is 11.4. The van der Waals surface area contributed by atoms with Crippen LogP contribution >= 0.6 is 12.4 Å². The molecule has 5 heteroatoms. The Morgan fingerprint density at radius 2 is 2.21 bits per heavy atom. The van der Waals surface area contributed by atoms with E-state index in [-0.39, 0.29) is 24.2 Å². The highest BCUT2D eigenvalue weighted by atomic mass is 35.5. The second-order valence-electron chi connectivity index (χ2n) is 3.11. The van der Waals surface area contributed by atoms with Crippen molar-refractivity contribution in [1.29, 1.82) is 0 Å². The van der Waals surface area contributed by atoms with Crippen molar-refractivity contribution in [1.82, 2.24) is 10.9 Å². The number of carbonyl (C=O) groups excluding carboxylic acids is 1. The SMILES string of the molecule is Cl.O=C1C=CC2=C3C1=CN=CC3NN2. The number of ketones is 1. The van der Waals surface area contributed by atoms with Gasteiger partial charge in [-0.05, 0) is 12.2 Å². The van der Waals surface area contributed by atoms with E-state index in [2.05, 4.69) is 15.8 Å². The third-order valence-electron chi connectivity index (χ3n) is 2.36. The molecule has 2 N–H and O–H groups in total. The van der Waals surface area contributed by atoms with Crippen LogP contribution in [0, 0.1) is 0 Å². The van der Waals surface area contributed by atoms with Gasteiger partial charge in [0, 0.05) is 23.6 Å². The van der Waals surface area contributed by atoms with Crippen LogP contribution in [0.25, 0.3) is 0 Å². The number of hydrazine groups is 1. The van der Waals surface area contributed by atoms with E-state index in [0.29, 0.717) is 5.57 Å². The number of aliphatic imine (C=N–C) groups is 1. The first-order chi connectivity index (χ1) is 6.36. The number of hydrogen-bond donors (Lipinski definition) is 2. The van der Waals surface area contributed by atoms with Crippen molar-refractivity contribution in [3.05, 3.63) is 35.2 Å². The summed E-state index contributed by atoms with van der Waals surface area (Å²) in [5, 5.41) is 0. The van der Waals surface area contributed by atoms with Crippen molar-refractivity contribution < 1.29 is 4.79 Å². The van der Waals surface area contributed by atoms with Crippen LogP contribution in [0.2, 0.25) is 0 Å².